The average molecular weight is 187 g/mol. The maximum Gasteiger partial charge on any atom is 0.00745 e. The van der Waals surface area contributed by atoms with E-state index in [0.29, 0.717) is 5.41 Å². The van der Waals surface area contributed by atoms with Gasteiger partial charge >= 0.3 is 0 Å². The standard InChI is InChI=1S/C10H25N3/c1-10(2,5-6-11)4-3-8-13-9-7-12/h13H,3-9,11-12H2,1-2H3. The van der Waals surface area contributed by atoms with Crippen molar-refractivity contribution in [1.29, 1.82) is 0 Å². The second-order valence-electron chi connectivity index (χ2n) is 4.35. The SMILES string of the molecule is CC(C)(CCN)CCCNCCN. The van der Waals surface area contributed by atoms with E-state index in [1.54, 1.807) is 0 Å². The van der Waals surface area contributed by atoms with Crippen molar-refractivity contribution < 1.29 is 0 Å². The normalized spacial score (nSPS) is 12.0. The lowest BCUT2D eigenvalue weighted by Gasteiger charge is -2.23. The third-order valence-corrected chi connectivity index (χ3v) is 2.35. The molecule has 0 saturated carbocycles. The molecule has 5 N–H and O–H groups in total. The minimum Gasteiger partial charge on any atom is -0.330 e. The molecule has 0 aromatic carbocycles. The Kier molecular flexibility index (Phi) is 7.23. The zero-order valence-electron chi connectivity index (χ0n) is 9.10. The zero-order valence-corrected chi connectivity index (χ0v) is 9.10. The Bertz CT molecular complexity index is 113. The van der Waals surface area contributed by atoms with E-state index in [1.807, 2.05) is 0 Å². The summed E-state index contributed by atoms with van der Waals surface area (Å²) in [5.41, 5.74) is 11.3. The van der Waals surface area contributed by atoms with Crippen LogP contribution in [0.5, 0.6) is 0 Å². The molecule has 0 saturated heterocycles. The molecule has 3 nitrogen and oxygen atoms in total. The first-order valence-electron chi connectivity index (χ1n) is 5.23. The van der Waals surface area contributed by atoms with Crippen LogP contribution in [0.2, 0.25) is 0 Å². The van der Waals surface area contributed by atoms with Crippen LogP contribution in [-0.4, -0.2) is 26.2 Å². The lowest BCUT2D eigenvalue weighted by molar-refractivity contribution is 0.302. The molecule has 0 bridgehead atoms. The summed E-state index contributed by atoms with van der Waals surface area (Å²) in [6, 6.07) is 0. The predicted molar refractivity (Wildman–Crippen MR) is 58.6 cm³/mol. The smallest absolute Gasteiger partial charge is 0.00745 e. The van der Waals surface area contributed by atoms with Crippen molar-refractivity contribution in [3.63, 3.8) is 0 Å². The molecule has 13 heavy (non-hydrogen) atoms. The fourth-order valence-electron chi connectivity index (χ4n) is 1.43. The Morgan fingerprint density at radius 3 is 2.23 bits per heavy atom. The highest BCUT2D eigenvalue weighted by molar-refractivity contribution is 4.69. The first-order chi connectivity index (χ1) is 6.12. The Balaban J connectivity index is 3.29. The Morgan fingerprint density at radius 1 is 1.00 bits per heavy atom. The molecule has 0 aromatic heterocycles. The van der Waals surface area contributed by atoms with E-state index in [4.69, 9.17) is 11.5 Å². The van der Waals surface area contributed by atoms with E-state index in [-0.39, 0.29) is 0 Å². The van der Waals surface area contributed by atoms with Gasteiger partial charge in [-0.05, 0) is 37.8 Å². The van der Waals surface area contributed by atoms with E-state index in [1.165, 1.54) is 12.8 Å². The van der Waals surface area contributed by atoms with Crippen LogP contribution < -0.4 is 16.8 Å². The van der Waals surface area contributed by atoms with Crippen LogP contribution in [0.1, 0.15) is 33.1 Å². The molecule has 0 aromatic rings. The fraction of sp³-hybridized carbons (Fsp3) is 1.00. The molecule has 0 aliphatic rings. The van der Waals surface area contributed by atoms with Crippen LogP contribution >= 0.6 is 0 Å². The number of nitrogens with one attached hydrogen (secondary N) is 1. The quantitative estimate of drug-likeness (QED) is 0.490. The molecule has 80 valence electrons. The minimum absolute atomic E-state index is 0.402. The molecule has 0 aliphatic heterocycles. The van der Waals surface area contributed by atoms with Gasteiger partial charge in [-0.2, -0.15) is 0 Å². The summed E-state index contributed by atoms with van der Waals surface area (Å²) in [6.45, 7) is 8.09. The van der Waals surface area contributed by atoms with Crippen molar-refractivity contribution in [2.24, 2.45) is 16.9 Å². The van der Waals surface area contributed by atoms with Gasteiger partial charge in [-0.25, -0.2) is 0 Å². The third kappa shape index (κ3) is 8.22. The minimum atomic E-state index is 0.402. The van der Waals surface area contributed by atoms with E-state index >= 15 is 0 Å². The average Bonchev–Trinajstić information content (AvgIpc) is 2.04. The number of hydrogen-bond donors (Lipinski definition) is 3. The molecular formula is C10H25N3. The summed E-state index contributed by atoms with van der Waals surface area (Å²) in [5, 5.41) is 3.29. The fourth-order valence-corrected chi connectivity index (χ4v) is 1.43. The molecule has 0 spiro atoms. The highest BCUT2D eigenvalue weighted by atomic mass is 14.9. The first kappa shape index (κ1) is 12.9. The molecular weight excluding hydrogens is 162 g/mol. The topological polar surface area (TPSA) is 64.1 Å². The summed E-state index contributed by atoms with van der Waals surface area (Å²) < 4.78 is 0. The lowest BCUT2D eigenvalue weighted by Crippen LogP contribution is -2.25. The number of nitrogens with two attached hydrogens (primary N) is 2. The van der Waals surface area contributed by atoms with Crippen molar-refractivity contribution in [3.05, 3.63) is 0 Å². The van der Waals surface area contributed by atoms with Gasteiger partial charge in [0.05, 0.1) is 0 Å². The van der Waals surface area contributed by atoms with E-state index < -0.39 is 0 Å². The first-order valence-corrected chi connectivity index (χ1v) is 5.23. The van der Waals surface area contributed by atoms with E-state index in [2.05, 4.69) is 19.2 Å². The van der Waals surface area contributed by atoms with Gasteiger partial charge in [0.1, 0.15) is 0 Å². The van der Waals surface area contributed by atoms with Crippen LogP contribution in [-0.2, 0) is 0 Å². The summed E-state index contributed by atoms with van der Waals surface area (Å²) in [4.78, 5) is 0. The van der Waals surface area contributed by atoms with Crippen LogP contribution in [0, 0.1) is 5.41 Å². The van der Waals surface area contributed by atoms with E-state index in [9.17, 15) is 0 Å². The molecule has 0 aliphatic carbocycles. The second kappa shape index (κ2) is 7.30. The molecule has 0 amide bonds. The summed E-state index contributed by atoms with van der Waals surface area (Å²) in [6.07, 6.45) is 3.57. The number of rotatable bonds is 8. The highest BCUT2D eigenvalue weighted by Crippen LogP contribution is 2.25. The molecule has 3 heteroatoms. The van der Waals surface area contributed by atoms with Gasteiger partial charge in [0.2, 0.25) is 0 Å². The van der Waals surface area contributed by atoms with Gasteiger partial charge in [-0.1, -0.05) is 13.8 Å². The van der Waals surface area contributed by atoms with Crippen molar-refractivity contribution in [3.8, 4) is 0 Å². The van der Waals surface area contributed by atoms with Gasteiger partial charge in [-0.3, -0.25) is 0 Å². The summed E-state index contributed by atoms with van der Waals surface area (Å²) in [5.74, 6) is 0. The summed E-state index contributed by atoms with van der Waals surface area (Å²) in [7, 11) is 0. The van der Waals surface area contributed by atoms with Gasteiger partial charge in [0.15, 0.2) is 0 Å². The van der Waals surface area contributed by atoms with Gasteiger partial charge in [0, 0.05) is 13.1 Å². The maximum absolute atomic E-state index is 5.53. The van der Waals surface area contributed by atoms with Crippen molar-refractivity contribution in [1.82, 2.24) is 5.32 Å². The van der Waals surface area contributed by atoms with Gasteiger partial charge < -0.3 is 16.8 Å². The van der Waals surface area contributed by atoms with Gasteiger partial charge in [-0.15, -0.1) is 0 Å². The molecule has 0 fully saturated rings. The maximum atomic E-state index is 5.53. The molecule has 0 rings (SSSR count). The Hall–Kier alpha value is -0.120. The third-order valence-electron chi connectivity index (χ3n) is 2.35. The predicted octanol–water partition coefficient (Wildman–Crippen LogP) is 0.690. The van der Waals surface area contributed by atoms with Gasteiger partial charge in [0.25, 0.3) is 0 Å². The largest absolute Gasteiger partial charge is 0.330 e. The summed E-state index contributed by atoms with van der Waals surface area (Å²) >= 11 is 0. The molecule has 0 unspecified atom stereocenters. The highest BCUT2D eigenvalue weighted by Gasteiger charge is 2.15. The monoisotopic (exact) mass is 187 g/mol. The van der Waals surface area contributed by atoms with Crippen molar-refractivity contribution in [2.75, 3.05) is 26.2 Å². The lowest BCUT2D eigenvalue weighted by atomic mass is 9.84. The molecule has 0 atom stereocenters. The molecule has 0 radical (unpaired) electrons. The number of hydrogen-bond acceptors (Lipinski definition) is 3. The Morgan fingerprint density at radius 2 is 1.69 bits per heavy atom. The van der Waals surface area contributed by atoms with Crippen LogP contribution in [0.25, 0.3) is 0 Å². The van der Waals surface area contributed by atoms with Crippen molar-refractivity contribution >= 4 is 0 Å². The van der Waals surface area contributed by atoms with Crippen LogP contribution in [0.15, 0.2) is 0 Å². The van der Waals surface area contributed by atoms with Crippen LogP contribution in [0.3, 0.4) is 0 Å². The van der Waals surface area contributed by atoms with Crippen molar-refractivity contribution in [2.45, 2.75) is 33.1 Å². The van der Waals surface area contributed by atoms with E-state index in [0.717, 1.165) is 32.6 Å². The molecule has 0 heterocycles. The Labute approximate surface area is 82.3 Å². The van der Waals surface area contributed by atoms with Crippen LogP contribution in [0.4, 0.5) is 0 Å². The second-order valence-corrected chi connectivity index (χ2v) is 4.35. The zero-order chi connectivity index (χ0) is 10.2.